The van der Waals surface area contributed by atoms with E-state index in [2.05, 4.69) is 33.2 Å². The predicted molar refractivity (Wildman–Crippen MR) is 166 cm³/mol. The van der Waals surface area contributed by atoms with Crippen LogP contribution in [0.4, 0.5) is 0 Å². The van der Waals surface area contributed by atoms with E-state index in [1.54, 1.807) is 10.9 Å². The SMILES string of the molecule is C=CC1CCN(CCc2ncc3c(n2)CCC[C@@H]3n2cc(C[C@@H]3C(=O)NC=CN3S(=O)(=O)c3ccc(Cl)c(Cl)c3)nn2)CC1. The predicted octanol–water partition coefficient (Wildman–Crippen LogP) is 3.94. The highest BCUT2D eigenvalue weighted by atomic mass is 35.5. The van der Waals surface area contributed by atoms with Crippen LogP contribution < -0.4 is 5.32 Å². The maximum atomic E-state index is 13.5. The van der Waals surface area contributed by atoms with Crippen molar-refractivity contribution in [3.05, 3.63) is 88.5 Å². The van der Waals surface area contributed by atoms with E-state index in [4.69, 9.17) is 33.2 Å². The Morgan fingerprint density at radius 3 is 2.73 bits per heavy atom. The van der Waals surface area contributed by atoms with Gasteiger partial charge in [-0.05, 0) is 69.3 Å². The van der Waals surface area contributed by atoms with Gasteiger partial charge in [-0.1, -0.05) is 34.5 Å². The van der Waals surface area contributed by atoms with Crippen LogP contribution in [0.5, 0.6) is 0 Å². The quantitative estimate of drug-likeness (QED) is 0.343. The summed E-state index contributed by atoms with van der Waals surface area (Å²) in [7, 11) is -4.11. The zero-order chi connectivity index (χ0) is 30.8. The van der Waals surface area contributed by atoms with Gasteiger partial charge in [0, 0.05) is 55.4 Å². The largest absolute Gasteiger partial charge is 0.329 e. The van der Waals surface area contributed by atoms with Crippen molar-refractivity contribution in [1.82, 2.24) is 39.5 Å². The standard InChI is InChI=1S/C30H34Cl2N8O3S/c1-2-20-8-12-38(13-9-20)14-10-29-34-18-23-26(35-29)4-3-5-27(23)39-19-21(36-37-39)16-28-30(41)33-11-15-40(28)44(42,43)22-6-7-24(31)25(32)17-22/h2,6-7,11,15,17-20,27-28H,1,3-5,8-10,12-14,16H2,(H,33,41)/t27-,28+/m0/s1. The van der Waals surface area contributed by atoms with Gasteiger partial charge in [0.1, 0.15) is 11.9 Å². The van der Waals surface area contributed by atoms with Crippen molar-refractivity contribution in [1.29, 1.82) is 0 Å². The Morgan fingerprint density at radius 1 is 1.14 bits per heavy atom. The molecule has 14 heteroatoms. The number of amides is 1. The summed E-state index contributed by atoms with van der Waals surface area (Å²) in [6.45, 7) is 7.04. The van der Waals surface area contributed by atoms with Crippen LogP contribution in [0.25, 0.3) is 0 Å². The fourth-order valence-electron chi connectivity index (χ4n) is 6.09. The molecule has 232 valence electrons. The van der Waals surface area contributed by atoms with Crippen molar-refractivity contribution < 1.29 is 13.2 Å². The van der Waals surface area contributed by atoms with Crippen LogP contribution >= 0.6 is 23.2 Å². The number of rotatable bonds is 9. The molecular formula is C30H34Cl2N8O3S. The summed E-state index contributed by atoms with van der Waals surface area (Å²) in [5.41, 5.74) is 2.54. The number of piperidine rings is 1. The van der Waals surface area contributed by atoms with E-state index in [0.29, 0.717) is 11.6 Å². The first-order valence-electron chi connectivity index (χ1n) is 14.8. The van der Waals surface area contributed by atoms with Gasteiger partial charge in [-0.25, -0.2) is 23.1 Å². The van der Waals surface area contributed by atoms with Gasteiger partial charge in [-0.15, -0.1) is 11.7 Å². The summed E-state index contributed by atoms with van der Waals surface area (Å²) in [5.74, 6) is 1.01. The molecule has 3 aliphatic rings. The Labute approximate surface area is 267 Å². The molecule has 0 spiro atoms. The Bertz CT molecular complexity index is 1690. The number of nitrogens with one attached hydrogen (secondary N) is 1. The van der Waals surface area contributed by atoms with Crippen molar-refractivity contribution in [3.8, 4) is 0 Å². The normalized spacial score (nSPS) is 21.2. The molecule has 0 bridgehead atoms. The van der Waals surface area contributed by atoms with Crippen molar-refractivity contribution in [2.24, 2.45) is 5.92 Å². The number of sulfonamides is 1. The van der Waals surface area contributed by atoms with Crippen molar-refractivity contribution >= 4 is 39.1 Å². The minimum Gasteiger partial charge on any atom is -0.329 e. The van der Waals surface area contributed by atoms with E-state index in [-0.39, 0.29) is 27.4 Å². The molecule has 2 atom stereocenters. The maximum absolute atomic E-state index is 13.5. The number of aryl methyl sites for hydroxylation is 1. The van der Waals surface area contributed by atoms with Gasteiger partial charge in [0.15, 0.2) is 0 Å². The number of benzene rings is 1. The lowest BCUT2D eigenvalue weighted by molar-refractivity contribution is -0.124. The average molecular weight is 658 g/mol. The molecule has 6 rings (SSSR count). The number of aromatic nitrogens is 5. The molecule has 1 saturated heterocycles. The molecule has 0 saturated carbocycles. The Balaban J connectivity index is 1.15. The van der Waals surface area contributed by atoms with Crippen molar-refractivity contribution in [2.45, 2.75) is 61.9 Å². The fourth-order valence-corrected chi connectivity index (χ4v) is 7.92. The molecule has 1 aliphatic carbocycles. The third-order valence-corrected chi connectivity index (χ3v) is 11.1. The lowest BCUT2D eigenvalue weighted by Gasteiger charge is -2.31. The first kappa shape index (κ1) is 30.7. The van der Waals surface area contributed by atoms with Crippen LogP contribution in [0.2, 0.25) is 10.0 Å². The number of likely N-dealkylation sites (tertiary alicyclic amines) is 1. The minimum absolute atomic E-state index is 0.0236. The van der Waals surface area contributed by atoms with Gasteiger partial charge in [0.2, 0.25) is 5.91 Å². The smallest absolute Gasteiger partial charge is 0.264 e. The Hall–Kier alpha value is -3.32. The molecule has 0 unspecified atom stereocenters. The highest BCUT2D eigenvalue weighted by Gasteiger charge is 2.37. The van der Waals surface area contributed by atoms with Gasteiger partial charge in [0.05, 0.1) is 26.7 Å². The molecule has 1 fully saturated rings. The number of hydrogen-bond donors (Lipinski definition) is 1. The molecule has 2 aliphatic heterocycles. The molecule has 0 radical (unpaired) electrons. The molecule has 4 heterocycles. The molecule has 2 aromatic heterocycles. The van der Waals surface area contributed by atoms with Crippen LogP contribution in [0.1, 0.15) is 54.5 Å². The molecular weight excluding hydrogens is 623 g/mol. The fraction of sp³-hybridized carbons (Fsp3) is 0.433. The summed E-state index contributed by atoms with van der Waals surface area (Å²) in [6.07, 6.45) is 14.2. The van der Waals surface area contributed by atoms with Crippen LogP contribution in [0, 0.1) is 5.92 Å². The zero-order valence-corrected chi connectivity index (χ0v) is 26.5. The van der Waals surface area contributed by atoms with E-state index < -0.39 is 22.0 Å². The monoisotopic (exact) mass is 656 g/mol. The number of nitrogens with zero attached hydrogens (tertiary/aromatic N) is 7. The second-order valence-electron chi connectivity index (χ2n) is 11.4. The van der Waals surface area contributed by atoms with E-state index in [9.17, 15) is 13.2 Å². The third kappa shape index (κ3) is 6.39. The number of carbonyl (C=O) groups is 1. The third-order valence-electron chi connectivity index (χ3n) is 8.62. The number of hydrogen-bond acceptors (Lipinski definition) is 8. The number of fused-ring (bicyclic) bond motifs is 1. The van der Waals surface area contributed by atoms with Crippen LogP contribution in [0.3, 0.4) is 0 Å². The highest BCUT2D eigenvalue weighted by molar-refractivity contribution is 7.89. The molecule has 1 aromatic carbocycles. The highest BCUT2D eigenvalue weighted by Crippen LogP contribution is 2.32. The van der Waals surface area contributed by atoms with Gasteiger partial charge < -0.3 is 10.2 Å². The lowest BCUT2D eigenvalue weighted by Crippen LogP contribution is -2.50. The summed E-state index contributed by atoms with van der Waals surface area (Å²) in [5, 5.41) is 11.6. The second-order valence-corrected chi connectivity index (χ2v) is 14.1. The van der Waals surface area contributed by atoms with Crippen molar-refractivity contribution in [2.75, 3.05) is 19.6 Å². The molecule has 11 nitrogen and oxygen atoms in total. The average Bonchev–Trinajstić information content (AvgIpc) is 3.50. The maximum Gasteiger partial charge on any atom is 0.264 e. The van der Waals surface area contributed by atoms with Gasteiger partial charge in [-0.2, -0.15) is 0 Å². The van der Waals surface area contributed by atoms with Gasteiger partial charge >= 0.3 is 0 Å². The first-order chi connectivity index (χ1) is 21.2. The zero-order valence-electron chi connectivity index (χ0n) is 24.1. The minimum atomic E-state index is -4.11. The van der Waals surface area contributed by atoms with Gasteiger partial charge in [-0.3, -0.25) is 9.10 Å². The van der Waals surface area contributed by atoms with Crippen molar-refractivity contribution in [3.63, 3.8) is 0 Å². The molecule has 3 aromatic rings. The summed E-state index contributed by atoms with van der Waals surface area (Å²) < 4.78 is 29.8. The Kier molecular flexibility index (Phi) is 9.04. The molecule has 1 amide bonds. The van der Waals surface area contributed by atoms with Crippen LogP contribution in [-0.4, -0.2) is 74.2 Å². The van der Waals surface area contributed by atoms with Crippen LogP contribution in [-0.2, 0) is 34.1 Å². The summed E-state index contributed by atoms with van der Waals surface area (Å²) >= 11 is 12.1. The number of halogens is 2. The molecule has 44 heavy (non-hydrogen) atoms. The summed E-state index contributed by atoms with van der Waals surface area (Å²) in [6, 6.07) is 2.87. The summed E-state index contributed by atoms with van der Waals surface area (Å²) in [4.78, 5) is 24.9. The van der Waals surface area contributed by atoms with E-state index in [1.807, 2.05) is 6.20 Å². The van der Waals surface area contributed by atoms with E-state index in [1.165, 1.54) is 30.6 Å². The van der Waals surface area contributed by atoms with E-state index in [0.717, 1.165) is 79.5 Å². The number of allylic oxidation sites excluding steroid dienone is 1. The second kappa shape index (κ2) is 13.0. The van der Waals surface area contributed by atoms with Gasteiger partial charge in [0.25, 0.3) is 10.0 Å². The number of carbonyl (C=O) groups excluding carboxylic acids is 1. The first-order valence-corrected chi connectivity index (χ1v) is 17.0. The van der Waals surface area contributed by atoms with E-state index >= 15 is 0 Å². The topological polar surface area (TPSA) is 126 Å². The Morgan fingerprint density at radius 2 is 1.95 bits per heavy atom. The lowest BCUT2D eigenvalue weighted by atomic mass is 9.92. The van der Waals surface area contributed by atoms with Crippen LogP contribution in [0.15, 0.2) is 60.5 Å². The molecule has 1 N–H and O–H groups in total.